The molecule has 1 atom stereocenters. The summed E-state index contributed by atoms with van der Waals surface area (Å²) in [4.78, 5) is 20.3. The number of carbonyl (C=O) groups is 1. The first-order chi connectivity index (χ1) is 14.5. The quantitative estimate of drug-likeness (QED) is 0.649. The number of benzene rings is 1. The number of nitrogens with zero attached hydrogens (tertiary/aromatic N) is 4. The maximum atomic E-state index is 13.6. The summed E-state index contributed by atoms with van der Waals surface area (Å²) < 4.78 is 13.7. The molecule has 0 radical (unpaired) electrons. The summed E-state index contributed by atoms with van der Waals surface area (Å²) in [6.07, 6.45) is 2.05. The molecule has 1 amide bonds. The molecule has 0 spiro atoms. The number of rotatable bonds is 5. The van der Waals surface area contributed by atoms with Crippen molar-refractivity contribution in [2.24, 2.45) is 7.05 Å². The van der Waals surface area contributed by atoms with Crippen LogP contribution in [0.5, 0.6) is 11.5 Å². The van der Waals surface area contributed by atoms with E-state index in [9.17, 15) is 4.79 Å². The van der Waals surface area contributed by atoms with Gasteiger partial charge in [0.1, 0.15) is 6.61 Å². The van der Waals surface area contributed by atoms with Gasteiger partial charge in [-0.3, -0.25) is 9.48 Å². The molecule has 2 aromatic heterocycles. The number of carbonyl (C=O) groups excluding carboxylic acids is 1. The molecule has 0 bridgehead atoms. The topological polar surface area (TPSA) is 69.5 Å². The normalized spacial score (nSPS) is 17.9. The molecule has 30 heavy (non-hydrogen) atoms. The molecule has 3 aromatic rings. The lowest BCUT2D eigenvalue weighted by molar-refractivity contribution is 0.0476. The van der Waals surface area contributed by atoms with Crippen LogP contribution in [0.15, 0.2) is 30.3 Å². The number of ether oxygens (including phenoxy) is 2. The lowest BCUT2D eigenvalue weighted by Crippen LogP contribution is -2.43. The van der Waals surface area contributed by atoms with Crippen molar-refractivity contribution in [1.82, 2.24) is 19.7 Å². The summed E-state index contributed by atoms with van der Waals surface area (Å²) in [5.41, 5.74) is 3.29. The largest absolute Gasteiger partial charge is 0.486 e. The van der Waals surface area contributed by atoms with Crippen molar-refractivity contribution in [2.45, 2.75) is 38.7 Å². The lowest BCUT2D eigenvalue weighted by atomic mass is 10.1. The summed E-state index contributed by atoms with van der Waals surface area (Å²) >= 11 is 0. The number of amides is 1. The number of pyridine rings is 1. The van der Waals surface area contributed by atoms with Crippen LogP contribution in [-0.4, -0.2) is 51.4 Å². The van der Waals surface area contributed by atoms with Crippen molar-refractivity contribution < 1.29 is 14.3 Å². The van der Waals surface area contributed by atoms with Crippen molar-refractivity contribution in [3.63, 3.8) is 0 Å². The molecule has 3 heterocycles. The van der Waals surface area contributed by atoms with Crippen molar-refractivity contribution >= 4 is 16.9 Å². The third-order valence-corrected chi connectivity index (χ3v) is 5.88. The van der Waals surface area contributed by atoms with E-state index in [1.807, 2.05) is 56.1 Å². The summed E-state index contributed by atoms with van der Waals surface area (Å²) in [7, 11) is 1.88. The van der Waals surface area contributed by atoms with Crippen LogP contribution in [0.1, 0.15) is 47.4 Å². The lowest BCUT2D eigenvalue weighted by Gasteiger charge is -2.31. The maximum Gasteiger partial charge on any atom is 0.254 e. The highest BCUT2D eigenvalue weighted by molar-refractivity contribution is 6.06. The molecule has 1 aliphatic heterocycles. The van der Waals surface area contributed by atoms with Gasteiger partial charge in [0.2, 0.25) is 0 Å². The summed E-state index contributed by atoms with van der Waals surface area (Å²) in [6.45, 7) is 5.40. The van der Waals surface area contributed by atoms with Crippen molar-refractivity contribution in [3.05, 3.63) is 47.3 Å². The van der Waals surface area contributed by atoms with Crippen LogP contribution >= 0.6 is 0 Å². The Morgan fingerprint density at radius 1 is 1.27 bits per heavy atom. The molecule has 7 heteroatoms. The van der Waals surface area contributed by atoms with E-state index in [4.69, 9.17) is 14.5 Å². The maximum absolute atomic E-state index is 13.6. The molecule has 2 aliphatic rings. The predicted molar refractivity (Wildman–Crippen MR) is 113 cm³/mol. The number of hydrogen-bond donors (Lipinski definition) is 0. The molecule has 1 unspecified atom stereocenters. The number of likely N-dealkylation sites (N-methyl/N-ethyl adjacent to an activating group) is 1. The minimum Gasteiger partial charge on any atom is -0.486 e. The number of aryl methyl sites for hydroxylation is 2. The standard InChI is InChI=1S/C23H26N4O3/c1-4-27(12-16-13-29-19-7-5-6-8-20(19)30-16)23(28)17-11-18(15-9-10-15)24-22-21(17)14(2)25-26(22)3/h5-8,11,15-16H,4,9-10,12-13H2,1-3H3. The molecule has 0 saturated heterocycles. The zero-order valence-corrected chi connectivity index (χ0v) is 17.6. The molecule has 5 rings (SSSR count). The Hall–Kier alpha value is -3.09. The van der Waals surface area contributed by atoms with E-state index in [1.54, 1.807) is 4.68 Å². The fraction of sp³-hybridized carbons (Fsp3) is 0.435. The van der Waals surface area contributed by atoms with Gasteiger partial charge in [-0.15, -0.1) is 0 Å². The SMILES string of the molecule is CCN(CC1COc2ccccc2O1)C(=O)c1cc(C2CC2)nc2c1c(C)nn2C. The average molecular weight is 406 g/mol. The van der Waals surface area contributed by atoms with Crippen LogP contribution in [0.4, 0.5) is 0 Å². The average Bonchev–Trinajstić information content (AvgIpc) is 3.57. The molecular formula is C23H26N4O3. The summed E-state index contributed by atoms with van der Waals surface area (Å²) in [5, 5.41) is 5.36. The first-order valence-corrected chi connectivity index (χ1v) is 10.6. The number of fused-ring (bicyclic) bond motifs is 2. The van der Waals surface area contributed by atoms with E-state index >= 15 is 0 Å². The molecule has 1 aliphatic carbocycles. The van der Waals surface area contributed by atoms with E-state index in [-0.39, 0.29) is 12.0 Å². The molecule has 1 aromatic carbocycles. The van der Waals surface area contributed by atoms with Gasteiger partial charge in [0.05, 0.1) is 23.2 Å². The Bertz CT molecular complexity index is 1120. The zero-order chi connectivity index (χ0) is 20.8. The second-order valence-corrected chi connectivity index (χ2v) is 8.12. The molecule has 7 nitrogen and oxygen atoms in total. The van der Waals surface area contributed by atoms with Crippen molar-refractivity contribution in [1.29, 1.82) is 0 Å². The van der Waals surface area contributed by atoms with Crippen LogP contribution in [0.25, 0.3) is 11.0 Å². The smallest absolute Gasteiger partial charge is 0.254 e. The second-order valence-electron chi connectivity index (χ2n) is 8.12. The monoisotopic (exact) mass is 406 g/mol. The Morgan fingerprint density at radius 3 is 2.77 bits per heavy atom. The van der Waals surface area contributed by atoms with Crippen molar-refractivity contribution in [2.75, 3.05) is 19.7 Å². The summed E-state index contributed by atoms with van der Waals surface area (Å²) in [6, 6.07) is 9.62. The zero-order valence-electron chi connectivity index (χ0n) is 17.6. The summed E-state index contributed by atoms with van der Waals surface area (Å²) in [5.74, 6) is 1.92. The fourth-order valence-corrected chi connectivity index (χ4v) is 4.15. The van der Waals surface area contributed by atoms with Gasteiger partial charge in [0, 0.05) is 25.2 Å². The Labute approximate surface area is 175 Å². The van der Waals surface area contributed by atoms with Gasteiger partial charge in [-0.2, -0.15) is 5.10 Å². The van der Waals surface area contributed by atoms with Crippen LogP contribution in [0.2, 0.25) is 0 Å². The Morgan fingerprint density at radius 2 is 2.03 bits per heavy atom. The van der Waals surface area contributed by atoms with Gasteiger partial charge >= 0.3 is 0 Å². The third kappa shape index (κ3) is 3.28. The molecule has 1 fully saturated rings. The number of aromatic nitrogens is 3. The Kier molecular flexibility index (Phi) is 4.60. The predicted octanol–water partition coefficient (Wildman–Crippen LogP) is 3.46. The van der Waals surface area contributed by atoms with Crippen LogP contribution in [0.3, 0.4) is 0 Å². The molecule has 1 saturated carbocycles. The van der Waals surface area contributed by atoms with Crippen LogP contribution in [0, 0.1) is 6.92 Å². The minimum atomic E-state index is -0.209. The van der Waals surface area contributed by atoms with E-state index in [0.29, 0.717) is 31.2 Å². The van der Waals surface area contributed by atoms with Gasteiger partial charge < -0.3 is 14.4 Å². The van der Waals surface area contributed by atoms with Gasteiger partial charge in [0.15, 0.2) is 23.3 Å². The van der Waals surface area contributed by atoms with E-state index < -0.39 is 0 Å². The third-order valence-electron chi connectivity index (χ3n) is 5.88. The van der Waals surface area contributed by atoms with Gasteiger partial charge in [0.25, 0.3) is 5.91 Å². The molecular weight excluding hydrogens is 380 g/mol. The highest BCUT2D eigenvalue weighted by atomic mass is 16.6. The van der Waals surface area contributed by atoms with Gasteiger partial charge in [-0.25, -0.2) is 4.98 Å². The highest BCUT2D eigenvalue weighted by Crippen LogP contribution is 2.40. The first kappa shape index (κ1) is 18.9. The van der Waals surface area contributed by atoms with Crippen molar-refractivity contribution in [3.8, 4) is 11.5 Å². The molecule has 156 valence electrons. The van der Waals surface area contributed by atoms with E-state index in [2.05, 4.69) is 5.10 Å². The van der Waals surface area contributed by atoms with Gasteiger partial charge in [-0.1, -0.05) is 12.1 Å². The first-order valence-electron chi connectivity index (χ1n) is 10.6. The minimum absolute atomic E-state index is 0.00893. The molecule has 0 N–H and O–H groups in total. The van der Waals surface area contributed by atoms with E-state index in [0.717, 1.165) is 46.8 Å². The Balaban J connectivity index is 1.45. The van der Waals surface area contributed by atoms with E-state index in [1.165, 1.54) is 0 Å². The van der Waals surface area contributed by atoms with Crippen LogP contribution in [-0.2, 0) is 7.05 Å². The second kappa shape index (κ2) is 7.31. The van der Waals surface area contributed by atoms with Gasteiger partial charge in [-0.05, 0) is 44.9 Å². The highest BCUT2D eigenvalue weighted by Gasteiger charge is 2.31. The fourth-order valence-electron chi connectivity index (χ4n) is 4.15. The van der Waals surface area contributed by atoms with Crippen LogP contribution < -0.4 is 9.47 Å². The number of hydrogen-bond acceptors (Lipinski definition) is 5. The number of para-hydroxylation sites is 2.